The van der Waals surface area contributed by atoms with Crippen molar-refractivity contribution in [2.24, 2.45) is 0 Å². The van der Waals surface area contributed by atoms with Gasteiger partial charge in [-0.3, -0.25) is 0 Å². The van der Waals surface area contributed by atoms with Crippen molar-refractivity contribution in [3.8, 4) is 0 Å². The van der Waals surface area contributed by atoms with E-state index in [1.54, 1.807) is 0 Å². The first-order chi connectivity index (χ1) is 10.4. The van der Waals surface area contributed by atoms with E-state index < -0.39 is 8.80 Å². The van der Waals surface area contributed by atoms with Gasteiger partial charge in [-0.2, -0.15) is 0 Å². The Kier molecular flexibility index (Phi) is 4.65. The second kappa shape index (κ2) is 7.05. The lowest BCUT2D eigenvalue weighted by Gasteiger charge is -2.16. The van der Waals surface area contributed by atoms with Gasteiger partial charge in [0.15, 0.2) is 0 Å². The highest BCUT2D eigenvalue weighted by Gasteiger charge is 2.16. The summed E-state index contributed by atoms with van der Waals surface area (Å²) in [5.74, 6) is 0. The van der Waals surface area contributed by atoms with E-state index in [1.807, 2.05) is 0 Å². The van der Waals surface area contributed by atoms with Crippen molar-refractivity contribution >= 4 is 19.2 Å². The quantitative estimate of drug-likeness (QED) is 0.630. The average molecular weight is 287 g/mol. The fourth-order valence-corrected chi connectivity index (χ4v) is 5.29. The number of benzene rings is 3. The van der Waals surface area contributed by atoms with Gasteiger partial charge in [-0.05, 0) is 18.0 Å². The van der Waals surface area contributed by atoms with Crippen molar-refractivity contribution in [2.75, 3.05) is 0 Å². The van der Waals surface area contributed by atoms with Crippen LogP contribution in [0.1, 0.15) is 5.56 Å². The van der Waals surface area contributed by atoms with Crippen LogP contribution in [0.3, 0.4) is 0 Å². The third-order valence-corrected chi connectivity index (χ3v) is 6.56. The molecule has 0 amide bonds. The van der Waals surface area contributed by atoms with E-state index in [-0.39, 0.29) is 0 Å². The molecule has 0 aliphatic rings. The summed E-state index contributed by atoms with van der Waals surface area (Å²) in [5, 5.41) is 3.01. The summed E-state index contributed by atoms with van der Waals surface area (Å²) in [7, 11) is -0.697. The second-order valence-corrected chi connectivity index (χ2v) is 7.81. The molecule has 0 aromatic heterocycles. The van der Waals surface area contributed by atoms with E-state index in [0.29, 0.717) is 0 Å². The average Bonchev–Trinajstić information content (AvgIpc) is 2.58. The van der Waals surface area contributed by atoms with Crippen LogP contribution in [0.2, 0.25) is 6.04 Å². The molecule has 0 bridgehead atoms. The molecule has 0 saturated heterocycles. The topological polar surface area (TPSA) is 0 Å². The normalized spacial score (nSPS) is 10.7. The molecule has 0 nitrogen and oxygen atoms in total. The standard InChI is InChI=1S/C20H19Si/c1-4-10-18(11-5-1)16-17-21(19-12-6-2-7-13-19)20-14-8-3-9-15-20/h1-15H,16-17H2. The molecule has 21 heavy (non-hydrogen) atoms. The molecular weight excluding hydrogens is 268 g/mol. The van der Waals surface area contributed by atoms with Crippen LogP contribution in [-0.2, 0) is 6.42 Å². The zero-order chi connectivity index (χ0) is 14.3. The zero-order valence-corrected chi connectivity index (χ0v) is 13.1. The van der Waals surface area contributed by atoms with E-state index in [4.69, 9.17) is 0 Å². The Balaban J connectivity index is 1.83. The fourth-order valence-electron chi connectivity index (χ4n) is 2.65. The summed E-state index contributed by atoms with van der Waals surface area (Å²) in [5.41, 5.74) is 1.44. The van der Waals surface area contributed by atoms with E-state index in [1.165, 1.54) is 22.0 Å². The van der Waals surface area contributed by atoms with Crippen molar-refractivity contribution in [3.05, 3.63) is 96.6 Å². The first-order valence-electron chi connectivity index (χ1n) is 7.44. The maximum Gasteiger partial charge on any atom is 0.121 e. The molecule has 3 aromatic rings. The Morgan fingerprint density at radius 1 is 0.524 bits per heavy atom. The van der Waals surface area contributed by atoms with Crippen LogP contribution in [0.5, 0.6) is 0 Å². The maximum absolute atomic E-state index is 2.28. The Labute approximate surface area is 128 Å². The monoisotopic (exact) mass is 287 g/mol. The largest absolute Gasteiger partial charge is 0.121 e. The molecule has 3 aromatic carbocycles. The molecule has 0 aliphatic carbocycles. The summed E-state index contributed by atoms with van der Waals surface area (Å²) in [4.78, 5) is 0. The van der Waals surface area contributed by atoms with E-state index in [9.17, 15) is 0 Å². The fraction of sp³-hybridized carbons (Fsp3) is 0.100. The molecule has 0 fully saturated rings. The minimum absolute atomic E-state index is 0.697. The Morgan fingerprint density at radius 2 is 0.952 bits per heavy atom. The molecule has 3 rings (SSSR count). The highest BCUT2D eigenvalue weighted by atomic mass is 28.3. The van der Waals surface area contributed by atoms with Gasteiger partial charge in [-0.15, -0.1) is 0 Å². The van der Waals surface area contributed by atoms with Gasteiger partial charge >= 0.3 is 0 Å². The van der Waals surface area contributed by atoms with Gasteiger partial charge in [-0.1, -0.05) is 101 Å². The molecule has 0 saturated carbocycles. The number of hydrogen-bond donors (Lipinski definition) is 0. The van der Waals surface area contributed by atoms with E-state index >= 15 is 0 Å². The summed E-state index contributed by atoms with van der Waals surface area (Å²) >= 11 is 0. The van der Waals surface area contributed by atoms with Gasteiger partial charge in [-0.25, -0.2) is 0 Å². The van der Waals surface area contributed by atoms with Gasteiger partial charge in [0, 0.05) is 0 Å². The van der Waals surface area contributed by atoms with Crippen LogP contribution >= 0.6 is 0 Å². The minimum Gasteiger partial charge on any atom is -0.0628 e. The van der Waals surface area contributed by atoms with Gasteiger partial charge in [0.2, 0.25) is 0 Å². The molecular formula is C20H19Si. The molecule has 0 N–H and O–H groups in total. The number of rotatable bonds is 5. The van der Waals surface area contributed by atoms with Gasteiger partial charge in [0.25, 0.3) is 0 Å². The summed E-state index contributed by atoms with van der Waals surface area (Å²) in [6.07, 6.45) is 1.15. The lowest BCUT2D eigenvalue weighted by molar-refractivity contribution is 1.12. The smallest absolute Gasteiger partial charge is 0.0628 e. The van der Waals surface area contributed by atoms with Crippen LogP contribution in [0.15, 0.2) is 91.0 Å². The van der Waals surface area contributed by atoms with E-state index in [2.05, 4.69) is 91.0 Å². The van der Waals surface area contributed by atoms with Gasteiger partial charge in [0.05, 0.1) is 0 Å². The van der Waals surface area contributed by atoms with Crippen molar-refractivity contribution < 1.29 is 0 Å². The predicted molar refractivity (Wildman–Crippen MR) is 92.9 cm³/mol. The van der Waals surface area contributed by atoms with Crippen molar-refractivity contribution in [2.45, 2.75) is 12.5 Å². The predicted octanol–water partition coefficient (Wildman–Crippen LogP) is 3.54. The lowest BCUT2D eigenvalue weighted by Crippen LogP contribution is -2.42. The molecule has 0 unspecified atom stereocenters. The van der Waals surface area contributed by atoms with Crippen molar-refractivity contribution in [3.63, 3.8) is 0 Å². The highest BCUT2D eigenvalue weighted by molar-refractivity contribution is 6.85. The first kappa shape index (κ1) is 13.8. The van der Waals surface area contributed by atoms with E-state index in [0.717, 1.165) is 6.42 Å². The summed E-state index contributed by atoms with van der Waals surface area (Å²) in [6, 6.07) is 34.0. The molecule has 1 radical (unpaired) electrons. The van der Waals surface area contributed by atoms with Crippen LogP contribution < -0.4 is 10.4 Å². The molecule has 103 valence electrons. The first-order valence-corrected chi connectivity index (χ1v) is 9.15. The van der Waals surface area contributed by atoms with Gasteiger partial charge < -0.3 is 0 Å². The Morgan fingerprint density at radius 3 is 1.43 bits per heavy atom. The maximum atomic E-state index is 2.28. The molecule has 1 heteroatoms. The van der Waals surface area contributed by atoms with Crippen LogP contribution in [-0.4, -0.2) is 8.80 Å². The zero-order valence-electron chi connectivity index (χ0n) is 12.1. The number of aryl methyl sites for hydroxylation is 1. The Bertz CT molecular complexity index is 608. The van der Waals surface area contributed by atoms with Crippen LogP contribution in [0.25, 0.3) is 0 Å². The summed E-state index contributed by atoms with van der Waals surface area (Å²) < 4.78 is 0. The third-order valence-electron chi connectivity index (χ3n) is 3.75. The SMILES string of the molecule is c1ccc(CC[Si](c2ccccc2)c2ccccc2)cc1. The molecule has 0 heterocycles. The number of hydrogen-bond acceptors (Lipinski definition) is 0. The van der Waals surface area contributed by atoms with Crippen molar-refractivity contribution in [1.82, 2.24) is 0 Å². The lowest BCUT2D eigenvalue weighted by atomic mass is 10.2. The van der Waals surface area contributed by atoms with Crippen molar-refractivity contribution in [1.29, 1.82) is 0 Å². The summed E-state index contributed by atoms with van der Waals surface area (Å²) in [6.45, 7) is 0. The molecule has 0 spiro atoms. The third kappa shape index (κ3) is 3.70. The molecule has 0 atom stereocenters. The Hall–Kier alpha value is -2.12. The van der Waals surface area contributed by atoms with Gasteiger partial charge in [0.1, 0.15) is 8.80 Å². The highest BCUT2D eigenvalue weighted by Crippen LogP contribution is 2.06. The van der Waals surface area contributed by atoms with Crippen LogP contribution in [0.4, 0.5) is 0 Å². The molecule has 0 aliphatic heterocycles. The minimum atomic E-state index is -0.697. The second-order valence-electron chi connectivity index (χ2n) is 5.20. The van der Waals surface area contributed by atoms with Crippen LogP contribution in [0, 0.1) is 0 Å².